The molecule has 9 nitrogen and oxygen atoms in total. The summed E-state index contributed by atoms with van der Waals surface area (Å²) in [6.45, 7) is 0.321. The van der Waals surface area contributed by atoms with Crippen LogP contribution in [0.15, 0.2) is 77.7 Å². The fourth-order valence-electron chi connectivity index (χ4n) is 5.94. The maximum absolute atomic E-state index is 16.3. The minimum atomic E-state index is -5.08. The van der Waals surface area contributed by atoms with Gasteiger partial charge in [0.25, 0.3) is 5.92 Å². The van der Waals surface area contributed by atoms with Crippen molar-refractivity contribution in [1.29, 1.82) is 0 Å². The van der Waals surface area contributed by atoms with E-state index in [4.69, 9.17) is 32.0 Å². The summed E-state index contributed by atoms with van der Waals surface area (Å²) in [4.78, 5) is 24.4. The van der Waals surface area contributed by atoms with Crippen LogP contribution in [0, 0.1) is 0 Å². The molecule has 17 heteroatoms. The molecule has 0 spiro atoms. The number of piperidine rings is 1. The second-order valence-corrected chi connectivity index (χ2v) is 15.9. The lowest BCUT2D eigenvalue weighted by Crippen LogP contribution is -2.57. The van der Waals surface area contributed by atoms with E-state index in [1.165, 1.54) is 52.6 Å². The molecule has 2 fully saturated rings. The fourth-order valence-corrected chi connectivity index (χ4v) is 8.21. The smallest absolute Gasteiger partial charge is 0.490 e. The molecule has 1 aromatic heterocycles. The third-order valence-electron chi connectivity index (χ3n) is 8.80. The molecule has 2 aliphatic rings. The summed E-state index contributed by atoms with van der Waals surface area (Å²) in [5.41, 5.74) is 6.16. The van der Waals surface area contributed by atoms with Crippen molar-refractivity contribution in [2.75, 3.05) is 13.1 Å². The van der Waals surface area contributed by atoms with E-state index < -0.39 is 45.6 Å². The van der Waals surface area contributed by atoms with E-state index in [-0.39, 0.29) is 30.1 Å². The van der Waals surface area contributed by atoms with Crippen LogP contribution in [0.2, 0.25) is 4.34 Å². The first-order valence-corrected chi connectivity index (χ1v) is 18.9. The molecule has 1 aliphatic heterocycles. The minimum Gasteiger partial charge on any atom is -0.490 e. The number of carbonyl (C=O) groups is 2. The van der Waals surface area contributed by atoms with Gasteiger partial charge in [-0.3, -0.25) is 4.79 Å². The normalized spacial score (nSPS) is 16.7. The molecule has 3 aromatic carbocycles. The predicted molar refractivity (Wildman–Crippen MR) is 187 cm³/mol. The van der Waals surface area contributed by atoms with E-state index in [0.29, 0.717) is 33.9 Å². The van der Waals surface area contributed by atoms with E-state index in [1.807, 2.05) is 6.07 Å². The maximum Gasteiger partial charge on any atom is 0.490 e. The number of sulfonamides is 1. The first-order valence-electron chi connectivity index (χ1n) is 16.3. The lowest BCUT2D eigenvalue weighted by atomic mass is 9.97. The fraction of sp³-hybridized carbons (Fsp3) is 0.371. The van der Waals surface area contributed by atoms with Gasteiger partial charge in [-0.25, -0.2) is 13.2 Å². The average molecular weight is 788 g/mol. The number of alkyl halides is 5. The number of halogens is 6. The molecule has 2 heterocycles. The number of aliphatic carboxylic acids is 1. The van der Waals surface area contributed by atoms with Crippen molar-refractivity contribution in [3.05, 3.63) is 82.7 Å². The van der Waals surface area contributed by atoms with Gasteiger partial charge in [-0.2, -0.15) is 26.7 Å². The van der Waals surface area contributed by atoms with Gasteiger partial charge in [0.15, 0.2) is 6.04 Å². The van der Waals surface area contributed by atoms with E-state index in [0.717, 1.165) is 35.9 Å². The average Bonchev–Trinajstić information content (AvgIpc) is 3.78. The Hall–Kier alpha value is -3.83. The Labute approximate surface area is 305 Å². The molecule has 1 amide bonds. The molecule has 1 atom stereocenters. The van der Waals surface area contributed by atoms with Gasteiger partial charge in [0.2, 0.25) is 15.9 Å². The summed E-state index contributed by atoms with van der Waals surface area (Å²) < 4.78 is 100. The summed E-state index contributed by atoms with van der Waals surface area (Å²) in [6.07, 6.45) is 0.236. The molecule has 1 saturated carbocycles. The standard InChI is InChI=1S/C33H34ClF2N3O4S2.C2HF3O2/c34-30-14-13-29(44-30)21-5-9-24(10-6-21)33(35,36)31(32(40)39-17-15-25(37)16-18-39)38-45(41,42)28-12-8-22-19-27(11-7-23(22)20-28)43-26-3-1-2-4-26;3-2(4,5)1(6)7/h5-14,19-20,25-26,31,38H,1-4,15-18,37H2;(H,6,7)/t31-;/m0./s1. The van der Waals surface area contributed by atoms with Crippen LogP contribution in [0.4, 0.5) is 22.0 Å². The molecule has 1 saturated heterocycles. The maximum atomic E-state index is 16.3. The van der Waals surface area contributed by atoms with Gasteiger partial charge in [-0.05, 0) is 91.3 Å². The molecule has 0 unspecified atom stereocenters. The number of carboxylic acids is 1. The third-order valence-corrected chi connectivity index (χ3v) is 11.5. The number of carboxylic acid groups (broad SMARTS) is 1. The number of rotatable bonds is 9. The van der Waals surface area contributed by atoms with Crippen LogP contribution in [0.25, 0.3) is 21.2 Å². The molecule has 52 heavy (non-hydrogen) atoms. The number of nitrogens with two attached hydrogens (primary N) is 1. The summed E-state index contributed by atoms with van der Waals surface area (Å²) in [7, 11) is -4.56. The number of fused-ring (bicyclic) bond motifs is 1. The van der Waals surface area contributed by atoms with Crippen LogP contribution < -0.4 is 15.2 Å². The van der Waals surface area contributed by atoms with Crippen molar-refractivity contribution in [3.63, 3.8) is 0 Å². The van der Waals surface area contributed by atoms with Gasteiger partial charge in [-0.1, -0.05) is 48.0 Å². The SMILES string of the molecule is NC1CCN(C(=O)[C@H](NS(=O)(=O)c2ccc3cc(OC4CCCC4)ccc3c2)C(F)(F)c2ccc(-c3ccc(Cl)s3)cc2)CC1.O=C(O)C(F)(F)F. The summed E-state index contributed by atoms with van der Waals surface area (Å²) >= 11 is 7.34. The van der Waals surface area contributed by atoms with Crippen molar-refractivity contribution in [3.8, 4) is 16.2 Å². The summed E-state index contributed by atoms with van der Waals surface area (Å²) in [5, 5.41) is 8.47. The van der Waals surface area contributed by atoms with Gasteiger partial charge in [0, 0.05) is 29.6 Å². The number of benzene rings is 3. The Morgan fingerprint density at radius 1 is 0.904 bits per heavy atom. The topological polar surface area (TPSA) is 139 Å². The highest BCUT2D eigenvalue weighted by Gasteiger charge is 2.50. The lowest BCUT2D eigenvalue weighted by Gasteiger charge is -2.35. The Balaban J connectivity index is 0.000000679. The first kappa shape index (κ1) is 39.4. The Morgan fingerprint density at radius 2 is 1.50 bits per heavy atom. The number of hydrogen-bond acceptors (Lipinski definition) is 7. The highest BCUT2D eigenvalue weighted by Crippen LogP contribution is 2.37. The highest BCUT2D eigenvalue weighted by atomic mass is 35.5. The minimum absolute atomic E-state index is 0.148. The van der Waals surface area contributed by atoms with Crippen LogP contribution in [0.5, 0.6) is 5.75 Å². The predicted octanol–water partition coefficient (Wildman–Crippen LogP) is 7.57. The largest absolute Gasteiger partial charge is 0.490 e. The molecule has 4 N–H and O–H groups in total. The van der Waals surface area contributed by atoms with Crippen LogP contribution in [0.1, 0.15) is 44.1 Å². The zero-order valence-electron chi connectivity index (χ0n) is 27.4. The second kappa shape index (κ2) is 16.0. The van der Waals surface area contributed by atoms with E-state index in [9.17, 15) is 26.4 Å². The molecular weight excluding hydrogens is 753 g/mol. The van der Waals surface area contributed by atoms with Crippen LogP contribution >= 0.6 is 22.9 Å². The summed E-state index contributed by atoms with van der Waals surface area (Å²) in [6, 6.07) is 16.2. The molecule has 4 aromatic rings. The molecular formula is C35H35ClF5N3O6S2. The second-order valence-electron chi connectivity index (χ2n) is 12.5. The number of amides is 1. The number of thiophene rings is 1. The monoisotopic (exact) mass is 787 g/mol. The summed E-state index contributed by atoms with van der Waals surface area (Å²) in [5.74, 6) is -6.94. The number of likely N-dealkylation sites (tertiary alicyclic amines) is 1. The molecule has 280 valence electrons. The van der Waals surface area contributed by atoms with Gasteiger partial charge in [-0.15, -0.1) is 11.3 Å². The molecule has 0 radical (unpaired) electrons. The number of carbonyl (C=O) groups excluding carboxylic acids is 1. The molecule has 6 rings (SSSR count). The zero-order valence-corrected chi connectivity index (χ0v) is 29.8. The quantitative estimate of drug-likeness (QED) is 0.149. The number of nitrogens with zero attached hydrogens (tertiary/aromatic N) is 1. The van der Waals surface area contributed by atoms with Crippen molar-refractivity contribution in [2.45, 2.75) is 73.7 Å². The van der Waals surface area contributed by atoms with Gasteiger partial charge in [0.05, 0.1) is 15.3 Å². The van der Waals surface area contributed by atoms with Crippen LogP contribution in [-0.2, 0) is 25.5 Å². The molecule has 0 bridgehead atoms. The third kappa shape index (κ3) is 9.58. The van der Waals surface area contributed by atoms with Crippen molar-refractivity contribution in [1.82, 2.24) is 9.62 Å². The van der Waals surface area contributed by atoms with Gasteiger partial charge < -0.3 is 20.5 Å². The zero-order chi connectivity index (χ0) is 37.8. The molecule has 1 aliphatic carbocycles. The Morgan fingerprint density at radius 3 is 2.08 bits per heavy atom. The van der Waals surface area contributed by atoms with Gasteiger partial charge in [0.1, 0.15) is 5.75 Å². The van der Waals surface area contributed by atoms with Gasteiger partial charge >= 0.3 is 12.1 Å². The Bertz CT molecular complexity index is 2000. The van der Waals surface area contributed by atoms with Crippen molar-refractivity contribution < 1.29 is 49.8 Å². The van der Waals surface area contributed by atoms with E-state index in [1.54, 1.807) is 30.3 Å². The Kier molecular flexibility index (Phi) is 12.1. The van der Waals surface area contributed by atoms with Crippen molar-refractivity contribution >= 4 is 55.6 Å². The highest BCUT2D eigenvalue weighted by molar-refractivity contribution is 7.89. The van der Waals surface area contributed by atoms with E-state index >= 15 is 8.78 Å². The lowest BCUT2D eigenvalue weighted by molar-refractivity contribution is -0.192. The van der Waals surface area contributed by atoms with Crippen LogP contribution in [0.3, 0.4) is 0 Å². The van der Waals surface area contributed by atoms with E-state index in [2.05, 4.69) is 4.72 Å². The number of hydrogen-bond donors (Lipinski definition) is 3. The number of nitrogens with one attached hydrogen (secondary N) is 1. The number of ether oxygens (including phenoxy) is 1. The van der Waals surface area contributed by atoms with Crippen LogP contribution in [-0.4, -0.2) is 67.8 Å². The van der Waals surface area contributed by atoms with Crippen molar-refractivity contribution in [2.24, 2.45) is 5.73 Å². The first-order chi connectivity index (χ1) is 24.4.